The smallest absolute Gasteiger partial charge is 0.321 e. The number of carbonyl (C=O) groups is 2. The van der Waals surface area contributed by atoms with E-state index >= 15 is 0 Å². The third kappa shape index (κ3) is 5.00. The maximum Gasteiger partial charge on any atom is 0.321 e. The van der Waals surface area contributed by atoms with E-state index in [1.807, 2.05) is 22.6 Å². The first-order valence-corrected chi connectivity index (χ1v) is 4.55. The Balaban J connectivity index is 3.67. The van der Waals surface area contributed by atoms with Gasteiger partial charge in [0.05, 0.1) is 3.92 Å². The minimum absolute atomic E-state index is 0.185. The van der Waals surface area contributed by atoms with Gasteiger partial charge in [-0.2, -0.15) is 0 Å². The monoisotopic (exact) mass is 270 g/mol. The van der Waals surface area contributed by atoms with Crippen LogP contribution in [0.1, 0.15) is 13.8 Å². The molecule has 0 bridgehead atoms. The average molecular weight is 270 g/mol. The third-order valence-corrected chi connectivity index (χ3v) is 1.50. The number of halogens is 1. The molecule has 5 heteroatoms. The van der Waals surface area contributed by atoms with E-state index in [1.165, 1.54) is 0 Å². The molecule has 4 nitrogen and oxygen atoms in total. The van der Waals surface area contributed by atoms with Crippen LogP contribution < -0.4 is 10.6 Å². The zero-order valence-electron chi connectivity index (χ0n) is 6.48. The molecule has 0 aromatic carbocycles. The van der Waals surface area contributed by atoms with Crippen LogP contribution in [0, 0.1) is 0 Å². The van der Waals surface area contributed by atoms with Crippen LogP contribution in [-0.2, 0) is 4.79 Å². The SMILES string of the molecule is CCNC(=O)NC(=O)C(C)I. The fraction of sp³-hybridized carbons (Fsp3) is 0.667. The molecule has 0 aliphatic carbocycles. The van der Waals surface area contributed by atoms with Crippen LogP contribution in [0.2, 0.25) is 0 Å². The molecule has 2 N–H and O–H groups in total. The number of urea groups is 1. The highest BCUT2D eigenvalue weighted by Gasteiger charge is 2.10. The van der Waals surface area contributed by atoms with Crippen molar-refractivity contribution < 1.29 is 9.59 Å². The first kappa shape index (κ1) is 10.7. The molecular formula is C6H11IN2O2. The van der Waals surface area contributed by atoms with Gasteiger partial charge < -0.3 is 5.32 Å². The van der Waals surface area contributed by atoms with E-state index in [0.29, 0.717) is 6.54 Å². The van der Waals surface area contributed by atoms with Crippen molar-refractivity contribution >= 4 is 34.5 Å². The van der Waals surface area contributed by atoms with Crippen LogP contribution in [0.15, 0.2) is 0 Å². The average Bonchev–Trinajstić information content (AvgIpc) is 1.87. The molecule has 0 aliphatic heterocycles. The summed E-state index contributed by atoms with van der Waals surface area (Å²) in [7, 11) is 0. The predicted octanol–water partition coefficient (Wildman–Crippen LogP) is 0.656. The fourth-order valence-corrected chi connectivity index (χ4v) is 0.572. The van der Waals surface area contributed by atoms with Gasteiger partial charge >= 0.3 is 6.03 Å². The van der Waals surface area contributed by atoms with Crippen molar-refractivity contribution in [3.05, 3.63) is 0 Å². The zero-order valence-corrected chi connectivity index (χ0v) is 8.64. The molecule has 11 heavy (non-hydrogen) atoms. The molecule has 0 saturated carbocycles. The highest BCUT2D eigenvalue weighted by atomic mass is 127. The molecule has 0 heterocycles. The van der Waals surface area contributed by atoms with Crippen molar-refractivity contribution in [2.75, 3.05) is 6.54 Å². The highest BCUT2D eigenvalue weighted by molar-refractivity contribution is 14.1. The predicted molar refractivity (Wildman–Crippen MR) is 50.7 cm³/mol. The molecule has 0 aromatic heterocycles. The Kier molecular flexibility index (Phi) is 5.18. The summed E-state index contributed by atoms with van der Waals surface area (Å²) in [6, 6.07) is -0.430. The molecule has 0 saturated heterocycles. The number of alkyl halides is 1. The van der Waals surface area contributed by atoms with Crippen molar-refractivity contribution in [3.8, 4) is 0 Å². The second-order valence-corrected chi connectivity index (χ2v) is 3.83. The van der Waals surface area contributed by atoms with Crippen molar-refractivity contribution in [3.63, 3.8) is 0 Å². The molecule has 0 aliphatic rings. The van der Waals surface area contributed by atoms with Gasteiger partial charge in [0.15, 0.2) is 0 Å². The van der Waals surface area contributed by atoms with Gasteiger partial charge in [-0.3, -0.25) is 10.1 Å². The second kappa shape index (κ2) is 5.34. The molecule has 0 rings (SSSR count). The summed E-state index contributed by atoms with van der Waals surface area (Å²) >= 11 is 1.94. The van der Waals surface area contributed by atoms with Crippen LogP contribution in [-0.4, -0.2) is 22.4 Å². The molecule has 1 atom stereocenters. The lowest BCUT2D eigenvalue weighted by molar-refractivity contribution is -0.118. The topological polar surface area (TPSA) is 58.2 Å². The number of imide groups is 1. The van der Waals surface area contributed by atoms with Crippen LogP contribution >= 0.6 is 22.6 Å². The van der Waals surface area contributed by atoms with Crippen molar-refractivity contribution in [1.29, 1.82) is 0 Å². The van der Waals surface area contributed by atoms with Gasteiger partial charge in [-0.1, -0.05) is 22.6 Å². The van der Waals surface area contributed by atoms with E-state index in [4.69, 9.17) is 0 Å². The van der Waals surface area contributed by atoms with E-state index in [0.717, 1.165) is 0 Å². The van der Waals surface area contributed by atoms with E-state index in [1.54, 1.807) is 13.8 Å². The first-order valence-electron chi connectivity index (χ1n) is 3.30. The molecule has 3 amide bonds. The maximum absolute atomic E-state index is 10.8. The normalized spacial score (nSPS) is 11.9. The molecule has 0 radical (unpaired) electrons. The number of rotatable bonds is 2. The lowest BCUT2D eigenvalue weighted by Crippen LogP contribution is -2.41. The van der Waals surface area contributed by atoms with Crippen LogP contribution in [0.5, 0.6) is 0 Å². The number of carbonyl (C=O) groups excluding carboxylic acids is 2. The Morgan fingerprint density at radius 2 is 2.09 bits per heavy atom. The summed E-state index contributed by atoms with van der Waals surface area (Å²) in [6.45, 7) is 4.03. The standard InChI is InChI=1S/C6H11IN2O2/c1-3-8-6(11)9-5(10)4(2)7/h4H,3H2,1-2H3,(H2,8,9,10,11). The van der Waals surface area contributed by atoms with Crippen LogP contribution in [0.3, 0.4) is 0 Å². The van der Waals surface area contributed by atoms with Gasteiger partial charge in [0.25, 0.3) is 0 Å². The minimum Gasteiger partial charge on any atom is -0.338 e. The van der Waals surface area contributed by atoms with Gasteiger partial charge in [-0.25, -0.2) is 4.79 Å². The molecule has 64 valence electrons. The van der Waals surface area contributed by atoms with Gasteiger partial charge in [0.2, 0.25) is 5.91 Å². The molecule has 0 fully saturated rings. The van der Waals surface area contributed by atoms with E-state index < -0.39 is 6.03 Å². The maximum atomic E-state index is 10.8. The van der Waals surface area contributed by atoms with Gasteiger partial charge in [-0.05, 0) is 13.8 Å². The van der Waals surface area contributed by atoms with Crippen molar-refractivity contribution in [1.82, 2.24) is 10.6 Å². The highest BCUT2D eigenvalue weighted by Crippen LogP contribution is 1.96. The summed E-state index contributed by atoms with van der Waals surface area (Å²) in [6.07, 6.45) is 0. The summed E-state index contributed by atoms with van der Waals surface area (Å²) in [5.41, 5.74) is 0. The number of hydrogen-bond donors (Lipinski definition) is 2. The van der Waals surface area contributed by atoms with Crippen molar-refractivity contribution in [2.45, 2.75) is 17.8 Å². The van der Waals surface area contributed by atoms with Gasteiger partial charge in [0, 0.05) is 6.54 Å². The summed E-state index contributed by atoms with van der Waals surface area (Å²) in [5.74, 6) is -0.267. The van der Waals surface area contributed by atoms with E-state index in [-0.39, 0.29) is 9.83 Å². The van der Waals surface area contributed by atoms with Crippen molar-refractivity contribution in [2.24, 2.45) is 0 Å². The lowest BCUT2D eigenvalue weighted by atomic mass is 10.4. The first-order chi connectivity index (χ1) is 5.07. The van der Waals surface area contributed by atoms with Crippen LogP contribution in [0.4, 0.5) is 4.79 Å². The van der Waals surface area contributed by atoms with E-state index in [2.05, 4.69) is 10.6 Å². The molecular weight excluding hydrogens is 259 g/mol. The van der Waals surface area contributed by atoms with Crippen LogP contribution in [0.25, 0.3) is 0 Å². The Morgan fingerprint density at radius 1 is 1.55 bits per heavy atom. The molecule has 0 spiro atoms. The minimum atomic E-state index is -0.430. The number of nitrogens with one attached hydrogen (secondary N) is 2. The fourth-order valence-electron chi connectivity index (χ4n) is 0.416. The number of hydrogen-bond acceptors (Lipinski definition) is 2. The molecule has 1 unspecified atom stereocenters. The zero-order chi connectivity index (χ0) is 8.85. The second-order valence-electron chi connectivity index (χ2n) is 1.96. The number of amides is 3. The van der Waals surface area contributed by atoms with Gasteiger partial charge in [0.1, 0.15) is 0 Å². The Labute approximate surface area is 79.2 Å². The Morgan fingerprint density at radius 3 is 2.45 bits per heavy atom. The molecule has 0 aromatic rings. The summed E-state index contributed by atoms with van der Waals surface area (Å²) < 4.78 is -0.185. The Hall–Kier alpha value is -0.330. The summed E-state index contributed by atoms with van der Waals surface area (Å²) in [4.78, 5) is 21.6. The van der Waals surface area contributed by atoms with E-state index in [9.17, 15) is 9.59 Å². The Bertz CT molecular complexity index is 159. The van der Waals surface area contributed by atoms with Gasteiger partial charge in [-0.15, -0.1) is 0 Å². The largest absolute Gasteiger partial charge is 0.338 e. The quantitative estimate of drug-likeness (QED) is 0.572. The summed E-state index contributed by atoms with van der Waals surface area (Å²) in [5, 5.41) is 4.64. The third-order valence-electron chi connectivity index (χ3n) is 0.935. The lowest BCUT2D eigenvalue weighted by Gasteiger charge is -2.04.